The van der Waals surface area contributed by atoms with E-state index >= 15 is 0 Å². The van der Waals surface area contributed by atoms with Crippen LogP contribution in [0.2, 0.25) is 10.0 Å². The summed E-state index contributed by atoms with van der Waals surface area (Å²) in [6.45, 7) is 14.6. The van der Waals surface area contributed by atoms with Crippen molar-refractivity contribution in [2.45, 2.75) is 23.1 Å². The Morgan fingerprint density at radius 2 is 1.23 bits per heavy atom. The summed E-state index contributed by atoms with van der Waals surface area (Å²) < 4.78 is 11.8. The predicted molar refractivity (Wildman–Crippen MR) is 388 cm³/mol. The Balaban J connectivity index is 0. The number of allylic oxidation sites excluding steroid dienone is 1. The quantitative estimate of drug-likeness (QED) is 0.0187. The number of aliphatic hydroxyl groups is 2. The van der Waals surface area contributed by atoms with Gasteiger partial charge in [0.15, 0.2) is 0 Å². The van der Waals surface area contributed by atoms with Crippen LogP contribution in [0.5, 0.6) is 11.5 Å². The van der Waals surface area contributed by atoms with E-state index in [0.29, 0.717) is 44.3 Å². The Kier molecular flexibility index (Phi) is 51.1. The van der Waals surface area contributed by atoms with Gasteiger partial charge in [-0.15, -0.1) is 34.3 Å². The fourth-order valence-electron chi connectivity index (χ4n) is 5.54. The molecule has 7 aromatic rings. The number of nitrogens with zero attached hydrogens (tertiary/aromatic N) is 8. The van der Waals surface area contributed by atoms with Gasteiger partial charge in [-0.25, -0.2) is 29.9 Å². The number of hydrogen-bond acceptors (Lipinski definition) is 15. The van der Waals surface area contributed by atoms with Crippen LogP contribution in [0.3, 0.4) is 0 Å². The first-order chi connectivity index (χ1) is 38.8. The molecule has 28 heteroatoms. The van der Waals surface area contributed by atoms with E-state index in [0.717, 1.165) is 43.1 Å². The predicted octanol–water partition coefficient (Wildman–Crippen LogP) is 18.3. The summed E-state index contributed by atoms with van der Waals surface area (Å²) in [5.74, 6) is 2.23. The van der Waals surface area contributed by atoms with Gasteiger partial charge >= 0.3 is 0 Å². The van der Waals surface area contributed by atoms with Crippen LogP contribution in [0.25, 0.3) is 48.0 Å². The molecule has 0 bridgehead atoms. The molecule has 6 N–H and O–H groups in total. The van der Waals surface area contributed by atoms with Crippen LogP contribution in [0.4, 0.5) is 11.5 Å². The van der Waals surface area contributed by atoms with Gasteiger partial charge in [-0.2, -0.15) is 10.5 Å². The van der Waals surface area contributed by atoms with E-state index in [4.69, 9.17) is 89.6 Å². The SMILES string of the molecule is CI.ClCc1csc(-c2ccc(Cl)cc2)n1.ICI.II.N#CCC(N)=S.[C-]#[N+]/C(C#N)=C\c1ccc(OCCO)cc1.[C-]#[N+]c1c(N)nc(SCc2csc(-c3ccc(Cl)cc3)n2)c(C#N)c1-c1ccc(OCCO)cc1.[CH2-]I.[V]. The second-order valence-electron chi connectivity index (χ2n) is 13.7. The van der Waals surface area contributed by atoms with Crippen molar-refractivity contribution in [2.24, 2.45) is 5.73 Å². The number of thiazole rings is 2. The third-order valence-electron chi connectivity index (χ3n) is 8.70. The van der Waals surface area contributed by atoms with Crippen molar-refractivity contribution in [2.75, 3.05) is 39.5 Å². The molecule has 4 aromatic carbocycles. The summed E-state index contributed by atoms with van der Waals surface area (Å²) in [4.78, 5) is 25.5. The summed E-state index contributed by atoms with van der Waals surface area (Å²) >= 11 is 39.1. The number of alkyl halides is 4. The monoisotopic (exact) mass is 1930 g/mol. The number of aliphatic hydroxyl groups excluding tert-OH is 2. The number of thiocarbonyl (C=S) groups is 1. The minimum Gasteiger partial charge on any atom is -0.491 e. The summed E-state index contributed by atoms with van der Waals surface area (Å²) in [5, 5.41) is 51.5. The fraction of sp³-hybridized carbons (Fsp3) is 0.170. The molecule has 0 saturated heterocycles. The molecular formula is C53H46Cl3I6N10O4S4V-. The van der Waals surface area contributed by atoms with Gasteiger partial charge in [0.1, 0.15) is 51.6 Å². The molecule has 14 nitrogen and oxygen atoms in total. The van der Waals surface area contributed by atoms with E-state index in [2.05, 4.69) is 153 Å². The van der Waals surface area contributed by atoms with Crippen molar-refractivity contribution >= 4 is 232 Å². The Bertz CT molecular complexity index is 3140. The van der Waals surface area contributed by atoms with Gasteiger partial charge < -0.3 is 53.7 Å². The molecule has 0 amide bonds. The molecule has 0 saturated carbocycles. The van der Waals surface area contributed by atoms with Crippen LogP contribution in [-0.2, 0) is 30.2 Å². The molecule has 0 aliphatic heterocycles. The second kappa shape index (κ2) is 51.1. The fourth-order valence-corrected chi connectivity index (χ4v) is 8.73. The first kappa shape index (κ1) is 80.9. The van der Waals surface area contributed by atoms with Crippen LogP contribution in [-0.4, -0.2) is 63.9 Å². The molecule has 425 valence electrons. The number of rotatable bonds is 15. The van der Waals surface area contributed by atoms with Crippen LogP contribution < -0.4 is 20.9 Å². The number of halogens is 9. The molecule has 0 atom stereocenters. The van der Waals surface area contributed by atoms with E-state index in [1.54, 1.807) is 72.0 Å². The summed E-state index contributed by atoms with van der Waals surface area (Å²) in [5.41, 5.74) is 17.2. The van der Waals surface area contributed by atoms with Gasteiger partial charge in [-0.1, -0.05) is 163 Å². The average molecular weight is 1930 g/mol. The molecule has 81 heavy (non-hydrogen) atoms. The zero-order valence-corrected chi connectivity index (χ0v) is 62.1. The average Bonchev–Trinajstić information content (AvgIpc) is 4.19. The molecule has 0 spiro atoms. The number of nitrogens with two attached hydrogens (primary N) is 2. The maximum Gasteiger partial charge on any atom is 0.262 e. The normalized spacial score (nSPS) is 9.31. The van der Waals surface area contributed by atoms with Crippen molar-refractivity contribution < 1.29 is 38.2 Å². The molecular weight excluding hydrogens is 1890 g/mol. The van der Waals surface area contributed by atoms with Crippen LogP contribution in [0.15, 0.2) is 119 Å². The van der Waals surface area contributed by atoms with E-state index in [1.807, 2.05) is 86.8 Å². The number of nitriles is 3. The van der Waals surface area contributed by atoms with Crippen LogP contribution in [0, 0.1) is 52.1 Å². The number of ether oxygens (including phenoxy) is 2. The van der Waals surface area contributed by atoms with Crippen molar-refractivity contribution in [1.29, 1.82) is 15.8 Å². The summed E-state index contributed by atoms with van der Waals surface area (Å²) in [6.07, 6.45) is 1.69. The first-order valence-electron chi connectivity index (χ1n) is 21.8. The van der Waals surface area contributed by atoms with Gasteiger partial charge in [0, 0.05) is 99.0 Å². The van der Waals surface area contributed by atoms with E-state index in [9.17, 15) is 5.26 Å². The third-order valence-corrected chi connectivity index (χ3v) is 12.5. The van der Waals surface area contributed by atoms with Gasteiger partial charge in [0.05, 0.1) is 75.2 Å². The van der Waals surface area contributed by atoms with Crippen molar-refractivity contribution in [3.05, 3.63) is 174 Å². The van der Waals surface area contributed by atoms with Gasteiger partial charge in [0.2, 0.25) is 5.69 Å². The Labute approximate surface area is 596 Å². The number of hydrogen-bond donors (Lipinski definition) is 4. The molecule has 0 fully saturated rings. The van der Waals surface area contributed by atoms with E-state index < -0.39 is 0 Å². The smallest absolute Gasteiger partial charge is 0.262 e. The van der Waals surface area contributed by atoms with Gasteiger partial charge in [0.25, 0.3) is 5.70 Å². The number of nitrogen functional groups attached to an aromatic ring is 1. The Morgan fingerprint density at radius 3 is 1.60 bits per heavy atom. The molecule has 0 aliphatic rings. The Hall–Kier alpha value is -2.13. The molecule has 3 heterocycles. The van der Waals surface area contributed by atoms with Crippen LogP contribution >= 0.6 is 209 Å². The molecule has 7 rings (SSSR count). The van der Waals surface area contributed by atoms with Crippen molar-refractivity contribution in [3.63, 3.8) is 0 Å². The largest absolute Gasteiger partial charge is 0.491 e. The number of benzene rings is 4. The van der Waals surface area contributed by atoms with Crippen molar-refractivity contribution in [3.8, 4) is 62.0 Å². The van der Waals surface area contributed by atoms with Crippen LogP contribution in [0.1, 0.15) is 28.9 Å². The van der Waals surface area contributed by atoms with Gasteiger partial charge in [-0.3, -0.25) is 4.93 Å². The number of aromatic nitrogens is 3. The summed E-state index contributed by atoms with van der Waals surface area (Å²) in [6, 6.07) is 34.8. The maximum absolute atomic E-state index is 9.99. The van der Waals surface area contributed by atoms with E-state index in [1.165, 1.54) is 31.6 Å². The second-order valence-corrected chi connectivity index (χ2v) is 22.5. The Morgan fingerprint density at radius 1 is 0.790 bits per heavy atom. The van der Waals surface area contributed by atoms with Crippen molar-refractivity contribution in [1.82, 2.24) is 15.0 Å². The minimum atomic E-state index is -0.0934. The minimum absolute atomic E-state index is 0. The first-order valence-corrected chi connectivity index (χ1v) is 39.2. The topological polar surface area (TPSA) is 230 Å². The maximum atomic E-state index is 9.99. The van der Waals surface area contributed by atoms with Gasteiger partial charge in [-0.05, 0) is 70.7 Å². The number of thioether (sulfide) groups is 1. The number of anilines is 1. The zero-order chi connectivity index (χ0) is 60.3. The van der Waals surface area contributed by atoms with E-state index in [-0.39, 0.29) is 79.2 Å². The zero-order valence-electron chi connectivity index (χ0n) is 42.3. The molecule has 1 radical (unpaired) electrons. The third kappa shape index (κ3) is 32.3. The molecule has 0 aliphatic carbocycles. The molecule has 3 aromatic heterocycles. The standard InChI is InChI=1S/C25H18ClN5O2S2.C12H10N2O2.C10H7Cl2NS.C3H4N2S.CH2I2.CH3I.CH2I.I2.V/c1-29-22-21(15-4-8-19(9-5-15)33-11-10-32)20(12-27)25(31-23(22)28)35-14-18-13-34-24(30-18)16-2-6-17(26)7-3-16;1-14-11(9-13)8-10-2-4-12(5-3-10)16-7-6-15;11-5-9-6-14-10(13-9)7-1-3-8(12)4-2-7;4-2-1-3(5)6;2-1-3;3*1-2;/h2-9,13,32H,10-11,14H2,(H2,28,31);2-5,8,15H,6-7H2;1-4,6H,5H2;1H2,(H2,5,6);1H2;1H3;1H2;;/q;;;;;;-1;;/b;11-8-;;;;;;;. The molecule has 0 unspecified atom stereocenters. The summed E-state index contributed by atoms with van der Waals surface area (Å²) in [7, 11) is 0. The number of pyridine rings is 1.